The molecule has 0 aliphatic carbocycles. The lowest BCUT2D eigenvalue weighted by molar-refractivity contribution is -0.142. The van der Waals surface area contributed by atoms with E-state index in [1.54, 1.807) is 18.2 Å². The van der Waals surface area contributed by atoms with Crippen LogP contribution in [0.25, 0.3) is 0 Å². The molecule has 23 heavy (non-hydrogen) atoms. The molecule has 1 saturated heterocycles. The van der Waals surface area contributed by atoms with Gasteiger partial charge in [-0.05, 0) is 37.1 Å². The van der Waals surface area contributed by atoms with Crippen molar-refractivity contribution in [3.8, 4) is 5.75 Å². The first kappa shape index (κ1) is 19.2. The van der Waals surface area contributed by atoms with Gasteiger partial charge in [-0.15, -0.1) is 12.4 Å². The summed E-state index contributed by atoms with van der Waals surface area (Å²) in [4.78, 5) is 23.1. The Balaban J connectivity index is 0.00000264. The molecule has 128 valence electrons. The van der Waals surface area contributed by atoms with E-state index in [9.17, 15) is 14.7 Å². The molecule has 1 fully saturated rings. The van der Waals surface area contributed by atoms with E-state index in [0.29, 0.717) is 24.4 Å². The van der Waals surface area contributed by atoms with Gasteiger partial charge in [0.25, 0.3) is 0 Å². The number of aliphatic hydroxyl groups excluding tert-OH is 1. The number of nitrogens with one attached hydrogen (secondary N) is 2. The Kier molecular flexibility index (Phi) is 7.28. The summed E-state index contributed by atoms with van der Waals surface area (Å²) in [5.74, 6) is -0.112. The maximum atomic E-state index is 12.1. The summed E-state index contributed by atoms with van der Waals surface area (Å²) in [7, 11) is 1.30. The van der Waals surface area contributed by atoms with Crippen molar-refractivity contribution in [3.05, 3.63) is 23.8 Å². The van der Waals surface area contributed by atoms with E-state index < -0.39 is 12.1 Å². The summed E-state index contributed by atoms with van der Waals surface area (Å²) in [6, 6.07) is 4.73. The van der Waals surface area contributed by atoms with Gasteiger partial charge in [0, 0.05) is 12.2 Å². The number of benzene rings is 1. The molecule has 0 saturated carbocycles. The minimum Gasteiger partial charge on any atom is -0.482 e. The molecule has 7 nitrogen and oxygen atoms in total. The normalized spacial score (nSPS) is 19.6. The number of β-amino-alcohol motifs (C(OH)–C–C–N with tert-alkyl or cyclic N) is 1. The second-order valence-electron chi connectivity index (χ2n) is 5.18. The van der Waals surface area contributed by atoms with Crippen molar-refractivity contribution >= 4 is 30.0 Å². The molecule has 0 bridgehead atoms. The minimum absolute atomic E-state index is 0. The third kappa shape index (κ3) is 5.38. The first-order valence-electron chi connectivity index (χ1n) is 7.02. The smallest absolute Gasteiger partial charge is 0.343 e. The van der Waals surface area contributed by atoms with Crippen LogP contribution >= 0.6 is 12.4 Å². The van der Waals surface area contributed by atoms with Crippen LogP contribution in [-0.4, -0.2) is 49.4 Å². The summed E-state index contributed by atoms with van der Waals surface area (Å²) in [6.45, 7) is 2.10. The molecule has 0 radical (unpaired) electrons. The number of aliphatic hydroxyl groups is 1. The van der Waals surface area contributed by atoms with Gasteiger partial charge in [0.1, 0.15) is 5.75 Å². The topological polar surface area (TPSA) is 96.9 Å². The average Bonchev–Trinajstić information content (AvgIpc) is 2.93. The molecule has 0 aromatic heterocycles. The lowest BCUT2D eigenvalue weighted by Gasteiger charge is -2.14. The molecule has 1 aromatic carbocycles. The highest BCUT2D eigenvalue weighted by molar-refractivity contribution is 5.95. The number of aryl methyl sites for hydroxylation is 1. The summed E-state index contributed by atoms with van der Waals surface area (Å²) >= 11 is 0. The zero-order valence-electron chi connectivity index (χ0n) is 13.0. The maximum Gasteiger partial charge on any atom is 0.343 e. The molecule has 1 aromatic rings. The summed E-state index contributed by atoms with van der Waals surface area (Å²) in [5.41, 5.74) is 1.48. The molecular formula is C15H21ClN2O5. The van der Waals surface area contributed by atoms with Crippen LogP contribution in [0.5, 0.6) is 5.75 Å². The fraction of sp³-hybridized carbons (Fsp3) is 0.467. The molecule has 0 spiro atoms. The standard InChI is InChI=1S/C15H20N2O5.ClH/c1-9-5-11(22-8-14(19)21-2)3-4-12(9)17-15(20)13-6-10(18)7-16-13;/h3-5,10,13,16,18H,6-8H2,1-2H3,(H,17,20);1H. The molecular weight excluding hydrogens is 324 g/mol. The zero-order chi connectivity index (χ0) is 16.1. The van der Waals surface area contributed by atoms with Gasteiger partial charge in [0.15, 0.2) is 6.61 Å². The molecule has 2 rings (SSSR count). The van der Waals surface area contributed by atoms with E-state index in [1.807, 2.05) is 6.92 Å². The number of methoxy groups -OCH3 is 1. The predicted molar refractivity (Wildman–Crippen MR) is 87.0 cm³/mol. The molecule has 1 aliphatic rings. The van der Waals surface area contributed by atoms with E-state index in [1.165, 1.54) is 7.11 Å². The third-order valence-corrected chi connectivity index (χ3v) is 3.46. The Hall–Kier alpha value is -1.83. The Morgan fingerprint density at radius 2 is 2.17 bits per heavy atom. The van der Waals surface area contributed by atoms with Gasteiger partial charge >= 0.3 is 5.97 Å². The fourth-order valence-electron chi connectivity index (χ4n) is 2.20. The first-order chi connectivity index (χ1) is 10.5. The first-order valence-corrected chi connectivity index (χ1v) is 7.02. The number of carbonyl (C=O) groups is 2. The van der Waals surface area contributed by atoms with Gasteiger partial charge < -0.3 is 25.2 Å². The van der Waals surface area contributed by atoms with Gasteiger partial charge in [-0.25, -0.2) is 4.79 Å². The third-order valence-electron chi connectivity index (χ3n) is 3.46. The summed E-state index contributed by atoms with van der Waals surface area (Å²) < 4.78 is 9.78. The zero-order valence-corrected chi connectivity index (χ0v) is 13.8. The number of esters is 1. The van der Waals surface area contributed by atoms with Gasteiger partial charge in [-0.2, -0.15) is 0 Å². The number of carbonyl (C=O) groups excluding carboxylic acids is 2. The lowest BCUT2D eigenvalue weighted by Crippen LogP contribution is -2.35. The second-order valence-corrected chi connectivity index (χ2v) is 5.18. The summed E-state index contributed by atoms with van der Waals surface area (Å²) in [6.07, 6.45) is -0.0727. The van der Waals surface area contributed by atoms with Crippen LogP contribution in [0.2, 0.25) is 0 Å². The number of rotatable bonds is 5. The number of halogens is 1. The van der Waals surface area contributed by atoms with E-state index in [0.717, 1.165) is 5.56 Å². The van der Waals surface area contributed by atoms with Crippen molar-refractivity contribution in [1.82, 2.24) is 5.32 Å². The Morgan fingerprint density at radius 3 is 2.74 bits per heavy atom. The molecule has 8 heteroatoms. The molecule has 2 atom stereocenters. The largest absolute Gasteiger partial charge is 0.482 e. The van der Waals surface area contributed by atoms with Crippen molar-refractivity contribution in [2.24, 2.45) is 0 Å². The number of anilines is 1. The second kappa shape index (κ2) is 8.71. The quantitative estimate of drug-likeness (QED) is 0.678. The van der Waals surface area contributed by atoms with E-state index in [2.05, 4.69) is 15.4 Å². The average molecular weight is 345 g/mol. The highest BCUT2D eigenvalue weighted by Crippen LogP contribution is 2.22. The molecule has 1 aliphatic heterocycles. The van der Waals surface area contributed by atoms with Crippen LogP contribution in [0.15, 0.2) is 18.2 Å². The van der Waals surface area contributed by atoms with Gasteiger partial charge in [-0.3, -0.25) is 4.79 Å². The highest BCUT2D eigenvalue weighted by atomic mass is 35.5. The van der Waals surface area contributed by atoms with Crippen LogP contribution in [0, 0.1) is 6.92 Å². The van der Waals surface area contributed by atoms with Crippen LogP contribution < -0.4 is 15.4 Å². The predicted octanol–water partition coefficient (Wildman–Crippen LogP) is 0.630. The molecule has 2 unspecified atom stereocenters. The van der Waals surface area contributed by atoms with Crippen LogP contribution in [0.3, 0.4) is 0 Å². The van der Waals surface area contributed by atoms with Crippen molar-refractivity contribution < 1.29 is 24.2 Å². The van der Waals surface area contributed by atoms with Gasteiger partial charge in [0.2, 0.25) is 5.91 Å². The molecule has 1 amide bonds. The highest BCUT2D eigenvalue weighted by Gasteiger charge is 2.28. The molecule has 3 N–H and O–H groups in total. The Labute approximate surface area is 140 Å². The van der Waals surface area contributed by atoms with E-state index in [4.69, 9.17) is 4.74 Å². The Bertz CT molecular complexity index is 567. The Morgan fingerprint density at radius 1 is 1.43 bits per heavy atom. The lowest BCUT2D eigenvalue weighted by atomic mass is 10.1. The van der Waals surface area contributed by atoms with Crippen molar-refractivity contribution in [2.45, 2.75) is 25.5 Å². The number of hydrogen-bond acceptors (Lipinski definition) is 6. The maximum absolute atomic E-state index is 12.1. The van der Waals surface area contributed by atoms with Crippen LogP contribution in [-0.2, 0) is 14.3 Å². The van der Waals surface area contributed by atoms with Crippen LogP contribution in [0.4, 0.5) is 5.69 Å². The van der Waals surface area contributed by atoms with Gasteiger partial charge in [0.05, 0.1) is 19.3 Å². The number of hydrogen-bond donors (Lipinski definition) is 3. The van der Waals surface area contributed by atoms with E-state index >= 15 is 0 Å². The minimum atomic E-state index is -0.481. The van der Waals surface area contributed by atoms with Crippen molar-refractivity contribution in [1.29, 1.82) is 0 Å². The van der Waals surface area contributed by atoms with E-state index in [-0.39, 0.29) is 31.0 Å². The van der Waals surface area contributed by atoms with Crippen molar-refractivity contribution in [3.63, 3.8) is 0 Å². The SMILES string of the molecule is COC(=O)COc1ccc(NC(=O)C2CC(O)CN2)c(C)c1.Cl. The number of ether oxygens (including phenoxy) is 2. The van der Waals surface area contributed by atoms with Crippen molar-refractivity contribution in [2.75, 3.05) is 25.6 Å². The molecule has 1 heterocycles. The monoisotopic (exact) mass is 344 g/mol. The van der Waals surface area contributed by atoms with Crippen LogP contribution in [0.1, 0.15) is 12.0 Å². The number of amides is 1. The summed E-state index contributed by atoms with van der Waals surface area (Å²) in [5, 5.41) is 15.2. The van der Waals surface area contributed by atoms with Gasteiger partial charge in [-0.1, -0.05) is 0 Å². The fourth-order valence-corrected chi connectivity index (χ4v) is 2.20.